The number of hydrogen-bond donors (Lipinski definition) is 2. The second kappa shape index (κ2) is 6.82. The second-order valence-electron chi connectivity index (χ2n) is 4.60. The van der Waals surface area contributed by atoms with Gasteiger partial charge < -0.3 is 15.3 Å². The van der Waals surface area contributed by atoms with Gasteiger partial charge in [0.25, 0.3) is 0 Å². The van der Waals surface area contributed by atoms with E-state index in [2.05, 4.69) is 12.2 Å². The molecule has 19 heavy (non-hydrogen) atoms. The lowest BCUT2D eigenvalue weighted by molar-refractivity contribution is 0.0883. The van der Waals surface area contributed by atoms with Gasteiger partial charge in [-0.3, -0.25) is 0 Å². The van der Waals surface area contributed by atoms with Crippen LogP contribution in [-0.4, -0.2) is 41.0 Å². The molecule has 1 atom stereocenters. The van der Waals surface area contributed by atoms with Gasteiger partial charge in [-0.15, -0.1) is 11.8 Å². The van der Waals surface area contributed by atoms with E-state index in [9.17, 15) is 9.90 Å². The first-order valence-corrected chi connectivity index (χ1v) is 7.65. The first kappa shape index (κ1) is 14.2. The van der Waals surface area contributed by atoms with Gasteiger partial charge in [0.05, 0.1) is 11.8 Å². The maximum Gasteiger partial charge on any atom is 0.321 e. The summed E-state index contributed by atoms with van der Waals surface area (Å²) in [4.78, 5) is 14.9. The molecule has 4 nitrogen and oxygen atoms in total. The Hall–Kier alpha value is -1.20. The van der Waals surface area contributed by atoms with E-state index in [1.54, 1.807) is 16.7 Å². The molecular formula is C14H20N2O2S. The molecule has 2 amide bonds. The molecule has 1 aliphatic rings. The number of benzene rings is 1. The van der Waals surface area contributed by atoms with Crippen molar-refractivity contribution < 1.29 is 9.90 Å². The van der Waals surface area contributed by atoms with Crippen molar-refractivity contribution in [3.8, 4) is 0 Å². The Labute approximate surface area is 118 Å². The first-order chi connectivity index (χ1) is 9.20. The number of likely N-dealkylation sites (tertiary alicyclic amines) is 1. The third-order valence-electron chi connectivity index (χ3n) is 3.11. The van der Waals surface area contributed by atoms with Crippen LogP contribution in [0.5, 0.6) is 0 Å². The lowest BCUT2D eigenvalue weighted by Gasteiger charge is -2.30. The van der Waals surface area contributed by atoms with E-state index in [4.69, 9.17) is 0 Å². The van der Waals surface area contributed by atoms with Gasteiger partial charge in [-0.1, -0.05) is 19.1 Å². The van der Waals surface area contributed by atoms with Crippen LogP contribution in [0.25, 0.3) is 0 Å². The third-order valence-corrected chi connectivity index (χ3v) is 4.07. The molecule has 2 rings (SSSR count). The number of thioether (sulfide) groups is 1. The van der Waals surface area contributed by atoms with E-state index in [1.807, 2.05) is 24.3 Å². The number of rotatable bonds is 3. The van der Waals surface area contributed by atoms with Gasteiger partial charge in [-0.05, 0) is 30.7 Å². The van der Waals surface area contributed by atoms with Crippen molar-refractivity contribution in [1.29, 1.82) is 0 Å². The number of β-amino-alcohol motifs (C(OH)–C–C–N with tert-alkyl or cyclic N) is 1. The molecule has 0 saturated carbocycles. The van der Waals surface area contributed by atoms with Crippen LogP contribution in [0.1, 0.15) is 19.8 Å². The largest absolute Gasteiger partial charge is 0.391 e. The summed E-state index contributed by atoms with van der Waals surface area (Å²) < 4.78 is 0. The normalized spacial score (nSPS) is 19.3. The van der Waals surface area contributed by atoms with Gasteiger partial charge >= 0.3 is 6.03 Å². The molecule has 5 heteroatoms. The molecule has 1 saturated heterocycles. The molecule has 1 aromatic rings. The average Bonchev–Trinajstić information content (AvgIpc) is 2.41. The van der Waals surface area contributed by atoms with Crippen LogP contribution in [0.15, 0.2) is 29.2 Å². The van der Waals surface area contributed by atoms with E-state index in [-0.39, 0.29) is 12.1 Å². The van der Waals surface area contributed by atoms with Gasteiger partial charge in [-0.25, -0.2) is 4.79 Å². The minimum atomic E-state index is -0.389. The highest BCUT2D eigenvalue weighted by Crippen LogP contribution is 2.27. The van der Waals surface area contributed by atoms with E-state index in [1.165, 1.54) is 0 Å². The van der Waals surface area contributed by atoms with Crippen molar-refractivity contribution in [3.63, 3.8) is 0 Å². The number of piperidine rings is 1. The Bertz CT molecular complexity index is 439. The summed E-state index contributed by atoms with van der Waals surface area (Å²) in [6, 6.07) is 7.69. The monoisotopic (exact) mass is 280 g/mol. The Morgan fingerprint density at radius 1 is 1.53 bits per heavy atom. The lowest BCUT2D eigenvalue weighted by atomic mass is 10.1. The number of aliphatic hydroxyl groups is 1. The predicted molar refractivity (Wildman–Crippen MR) is 78.7 cm³/mol. The van der Waals surface area contributed by atoms with Crippen LogP contribution in [0, 0.1) is 0 Å². The number of aliphatic hydroxyl groups excluding tert-OH is 1. The van der Waals surface area contributed by atoms with E-state index >= 15 is 0 Å². The van der Waals surface area contributed by atoms with Crippen LogP contribution in [0.2, 0.25) is 0 Å². The molecule has 1 fully saturated rings. The number of amides is 2. The van der Waals surface area contributed by atoms with E-state index in [0.717, 1.165) is 29.2 Å². The number of carbonyl (C=O) groups is 1. The Balaban J connectivity index is 2.02. The van der Waals surface area contributed by atoms with Crippen LogP contribution < -0.4 is 5.32 Å². The maximum atomic E-state index is 12.2. The first-order valence-electron chi connectivity index (χ1n) is 6.66. The van der Waals surface area contributed by atoms with Crippen molar-refractivity contribution in [3.05, 3.63) is 24.3 Å². The zero-order chi connectivity index (χ0) is 13.7. The van der Waals surface area contributed by atoms with Gasteiger partial charge in [0, 0.05) is 18.0 Å². The smallest absolute Gasteiger partial charge is 0.321 e. The fraction of sp³-hybridized carbons (Fsp3) is 0.500. The predicted octanol–water partition coefficient (Wildman–Crippen LogP) is 2.79. The summed E-state index contributed by atoms with van der Waals surface area (Å²) in [7, 11) is 0. The van der Waals surface area contributed by atoms with Gasteiger partial charge in [-0.2, -0.15) is 0 Å². The van der Waals surface area contributed by atoms with Crippen LogP contribution >= 0.6 is 11.8 Å². The molecule has 104 valence electrons. The Morgan fingerprint density at radius 2 is 2.32 bits per heavy atom. The highest BCUT2D eigenvalue weighted by atomic mass is 32.2. The number of nitrogens with one attached hydrogen (secondary N) is 1. The maximum absolute atomic E-state index is 12.2. The SMILES string of the molecule is CCSc1ccccc1NC(=O)N1CCC[C@@H](O)C1. The van der Waals surface area contributed by atoms with Crippen molar-refractivity contribution in [2.75, 3.05) is 24.2 Å². The minimum absolute atomic E-state index is 0.122. The quantitative estimate of drug-likeness (QED) is 0.837. The van der Waals surface area contributed by atoms with Crippen LogP contribution in [0.3, 0.4) is 0 Å². The average molecular weight is 280 g/mol. The molecule has 0 aliphatic carbocycles. The van der Waals surface area contributed by atoms with Crippen molar-refractivity contribution in [2.24, 2.45) is 0 Å². The Kier molecular flexibility index (Phi) is 5.10. The standard InChI is InChI=1S/C14H20N2O2S/c1-2-19-13-8-4-3-7-12(13)15-14(18)16-9-5-6-11(17)10-16/h3-4,7-8,11,17H,2,5-6,9-10H2,1H3,(H,15,18)/t11-/m1/s1. The molecule has 0 aromatic heterocycles. The van der Waals surface area contributed by atoms with Crippen LogP contribution in [0.4, 0.5) is 10.5 Å². The topological polar surface area (TPSA) is 52.6 Å². The zero-order valence-electron chi connectivity index (χ0n) is 11.1. The molecule has 1 heterocycles. The molecule has 0 bridgehead atoms. The molecular weight excluding hydrogens is 260 g/mol. The number of hydrogen-bond acceptors (Lipinski definition) is 3. The van der Waals surface area contributed by atoms with Gasteiger partial charge in [0.1, 0.15) is 0 Å². The molecule has 0 radical (unpaired) electrons. The molecule has 0 unspecified atom stereocenters. The summed E-state index contributed by atoms with van der Waals surface area (Å²) in [5, 5.41) is 12.5. The highest BCUT2D eigenvalue weighted by molar-refractivity contribution is 7.99. The molecule has 1 aromatic carbocycles. The molecule has 2 N–H and O–H groups in total. The molecule has 1 aliphatic heterocycles. The minimum Gasteiger partial charge on any atom is -0.391 e. The number of anilines is 1. The fourth-order valence-corrected chi connectivity index (χ4v) is 2.95. The Morgan fingerprint density at radius 3 is 3.05 bits per heavy atom. The summed E-state index contributed by atoms with van der Waals surface area (Å²) in [6.45, 7) is 3.23. The van der Waals surface area contributed by atoms with Crippen LogP contribution in [-0.2, 0) is 0 Å². The lowest BCUT2D eigenvalue weighted by Crippen LogP contribution is -2.44. The zero-order valence-corrected chi connectivity index (χ0v) is 11.9. The van der Waals surface area contributed by atoms with Crippen molar-refractivity contribution in [1.82, 2.24) is 4.90 Å². The highest BCUT2D eigenvalue weighted by Gasteiger charge is 2.22. The van der Waals surface area contributed by atoms with E-state index < -0.39 is 0 Å². The number of carbonyl (C=O) groups excluding carboxylic acids is 1. The number of para-hydroxylation sites is 1. The second-order valence-corrected chi connectivity index (χ2v) is 5.91. The summed E-state index contributed by atoms with van der Waals surface area (Å²) in [5.74, 6) is 0.968. The van der Waals surface area contributed by atoms with E-state index in [0.29, 0.717) is 13.1 Å². The summed E-state index contributed by atoms with van der Waals surface area (Å²) in [5.41, 5.74) is 0.847. The third kappa shape index (κ3) is 3.88. The number of urea groups is 1. The van der Waals surface area contributed by atoms with Crippen molar-refractivity contribution in [2.45, 2.75) is 30.8 Å². The number of nitrogens with zero attached hydrogens (tertiary/aromatic N) is 1. The van der Waals surface area contributed by atoms with Crippen molar-refractivity contribution >= 4 is 23.5 Å². The van der Waals surface area contributed by atoms with Gasteiger partial charge in [0.15, 0.2) is 0 Å². The summed E-state index contributed by atoms with van der Waals surface area (Å²) in [6.07, 6.45) is 1.26. The molecule has 0 spiro atoms. The van der Waals surface area contributed by atoms with Gasteiger partial charge in [0.2, 0.25) is 0 Å². The fourth-order valence-electron chi connectivity index (χ4n) is 2.18. The summed E-state index contributed by atoms with van der Waals surface area (Å²) >= 11 is 1.71.